The van der Waals surface area contributed by atoms with Crippen LogP contribution in [0.15, 0.2) is 47.4 Å². The summed E-state index contributed by atoms with van der Waals surface area (Å²) in [5.74, 6) is -2.50. The molecular weight excluding hydrogens is 428 g/mol. The lowest BCUT2D eigenvalue weighted by Gasteiger charge is -2.34. The number of carbonyl (C=O) groups is 2. The number of piperazine rings is 1. The molecule has 2 aliphatic heterocycles. The average molecular weight is 449 g/mol. The van der Waals surface area contributed by atoms with Gasteiger partial charge in [-0.25, -0.2) is 17.2 Å². The van der Waals surface area contributed by atoms with Crippen molar-refractivity contribution < 1.29 is 26.8 Å². The van der Waals surface area contributed by atoms with E-state index >= 15 is 0 Å². The second-order valence-electron chi connectivity index (χ2n) is 7.44. The van der Waals surface area contributed by atoms with Crippen molar-refractivity contribution in [1.82, 2.24) is 9.21 Å². The Morgan fingerprint density at radius 2 is 1.48 bits per heavy atom. The van der Waals surface area contributed by atoms with Crippen LogP contribution in [0.3, 0.4) is 0 Å². The van der Waals surface area contributed by atoms with Gasteiger partial charge in [0.2, 0.25) is 15.9 Å². The summed E-state index contributed by atoms with van der Waals surface area (Å²) in [6.45, 7) is 0.719. The second-order valence-corrected chi connectivity index (χ2v) is 9.32. The predicted octanol–water partition coefficient (Wildman–Crippen LogP) is 2.24. The van der Waals surface area contributed by atoms with Gasteiger partial charge in [0.1, 0.15) is 11.6 Å². The number of carbonyl (C=O) groups excluding carboxylic acids is 2. The maximum absolute atomic E-state index is 14.0. The zero-order chi connectivity index (χ0) is 22.2. The lowest BCUT2D eigenvalue weighted by atomic mass is 10.1. The smallest absolute Gasteiger partial charge is 0.253 e. The van der Waals surface area contributed by atoms with Crippen LogP contribution in [-0.2, 0) is 14.8 Å². The minimum Gasteiger partial charge on any atom is -0.336 e. The fourth-order valence-electron chi connectivity index (χ4n) is 3.88. The third-order valence-corrected chi connectivity index (χ3v) is 7.49. The Hall–Kier alpha value is -2.85. The van der Waals surface area contributed by atoms with Crippen molar-refractivity contribution in [2.45, 2.75) is 17.7 Å². The standard InChI is InChI=1S/C21H21F2N3O4S/c22-17-3-1-4-18(23)20(17)31(29,30)25-13-11-24(12-14-25)21(28)15-6-8-16(9-7-15)26-10-2-5-19(26)27/h1,3-4,6-9H,2,5,10-14H2. The number of sulfonamides is 1. The van der Waals surface area contributed by atoms with Crippen molar-refractivity contribution >= 4 is 27.5 Å². The highest BCUT2D eigenvalue weighted by Gasteiger charge is 2.34. The fourth-order valence-corrected chi connectivity index (χ4v) is 5.41. The lowest BCUT2D eigenvalue weighted by Crippen LogP contribution is -2.50. The molecule has 164 valence electrons. The molecule has 0 bridgehead atoms. The Bertz CT molecular complexity index is 1090. The van der Waals surface area contributed by atoms with Crippen LogP contribution >= 0.6 is 0 Å². The van der Waals surface area contributed by atoms with Crippen LogP contribution in [0.2, 0.25) is 0 Å². The highest BCUT2D eigenvalue weighted by molar-refractivity contribution is 7.89. The maximum atomic E-state index is 14.0. The molecule has 0 aromatic heterocycles. The first kappa shape index (κ1) is 21.4. The molecule has 2 aromatic rings. The largest absolute Gasteiger partial charge is 0.336 e. The Morgan fingerprint density at radius 3 is 2.03 bits per heavy atom. The number of amides is 2. The first-order chi connectivity index (χ1) is 14.8. The summed E-state index contributed by atoms with van der Waals surface area (Å²) in [6, 6.07) is 9.62. The molecule has 0 radical (unpaired) electrons. The monoisotopic (exact) mass is 449 g/mol. The van der Waals surface area contributed by atoms with Gasteiger partial charge in [-0.2, -0.15) is 4.31 Å². The van der Waals surface area contributed by atoms with Crippen molar-refractivity contribution in [2.24, 2.45) is 0 Å². The molecule has 0 spiro atoms. The van der Waals surface area contributed by atoms with Crippen LogP contribution in [0.1, 0.15) is 23.2 Å². The Labute approximate surface area is 178 Å². The normalized spacial score (nSPS) is 17.9. The summed E-state index contributed by atoms with van der Waals surface area (Å²) in [7, 11) is -4.35. The van der Waals surface area contributed by atoms with Gasteiger partial charge in [-0.1, -0.05) is 6.07 Å². The third-order valence-electron chi connectivity index (χ3n) is 5.54. The molecule has 0 saturated carbocycles. The summed E-state index contributed by atoms with van der Waals surface area (Å²) < 4.78 is 54.3. The third kappa shape index (κ3) is 4.05. The van der Waals surface area contributed by atoms with Crippen molar-refractivity contribution in [2.75, 3.05) is 37.6 Å². The van der Waals surface area contributed by atoms with Gasteiger partial charge in [-0.15, -0.1) is 0 Å². The number of benzene rings is 2. The van der Waals surface area contributed by atoms with Crippen molar-refractivity contribution in [1.29, 1.82) is 0 Å². The molecule has 10 heteroatoms. The number of rotatable bonds is 4. The van der Waals surface area contributed by atoms with Gasteiger partial charge in [0.15, 0.2) is 4.90 Å². The van der Waals surface area contributed by atoms with E-state index in [2.05, 4.69) is 0 Å². The van der Waals surface area contributed by atoms with Crippen molar-refractivity contribution in [3.63, 3.8) is 0 Å². The zero-order valence-corrected chi connectivity index (χ0v) is 17.4. The van der Waals surface area contributed by atoms with Gasteiger partial charge in [0, 0.05) is 50.4 Å². The van der Waals surface area contributed by atoms with Crippen LogP contribution in [-0.4, -0.2) is 62.2 Å². The van der Waals surface area contributed by atoms with E-state index in [-0.39, 0.29) is 38.0 Å². The van der Waals surface area contributed by atoms with Gasteiger partial charge in [-0.3, -0.25) is 9.59 Å². The molecular formula is C21H21F2N3O4S. The topological polar surface area (TPSA) is 78.0 Å². The molecule has 0 aliphatic carbocycles. The van der Waals surface area contributed by atoms with Gasteiger partial charge in [0.25, 0.3) is 5.91 Å². The molecule has 2 aliphatic rings. The molecule has 2 saturated heterocycles. The second kappa shape index (κ2) is 8.35. The minimum absolute atomic E-state index is 0.0581. The van der Waals surface area contributed by atoms with Crippen LogP contribution < -0.4 is 4.90 Å². The molecule has 2 heterocycles. The van der Waals surface area contributed by atoms with Gasteiger partial charge >= 0.3 is 0 Å². The number of nitrogens with zero attached hydrogens (tertiary/aromatic N) is 3. The molecule has 0 atom stereocenters. The molecule has 2 amide bonds. The molecule has 2 aromatic carbocycles. The van der Waals surface area contributed by atoms with Crippen molar-refractivity contribution in [3.8, 4) is 0 Å². The summed E-state index contributed by atoms with van der Waals surface area (Å²) >= 11 is 0. The zero-order valence-electron chi connectivity index (χ0n) is 16.6. The summed E-state index contributed by atoms with van der Waals surface area (Å²) in [5, 5.41) is 0. The SMILES string of the molecule is O=C(c1ccc(N2CCCC2=O)cc1)N1CCN(S(=O)(=O)c2c(F)cccc2F)CC1. The number of hydrogen-bond donors (Lipinski definition) is 0. The number of halogens is 2. The molecule has 0 N–H and O–H groups in total. The summed E-state index contributed by atoms with van der Waals surface area (Å²) in [4.78, 5) is 26.8. The summed E-state index contributed by atoms with van der Waals surface area (Å²) in [6.07, 6.45) is 1.33. The lowest BCUT2D eigenvalue weighted by molar-refractivity contribution is -0.117. The Morgan fingerprint density at radius 1 is 0.871 bits per heavy atom. The van der Waals surface area contributed by atoms with Crippen LogP contribution in [0.25, 0.3) is 0 Å². The molecule has 31 heavy (non-hydrogen) atoms. The van der Waals surface area contributed by atoms with E-state index in [1.807, 2.05) is 0 Å². The highest BCUT2D eigenvalue weighted by atomic mass is 32.2. The number of hydrogen-bond acceptors (Lipinski definition) is 4. The van der Waals surface area contributed by atoms with E-state index < -0.39 is 26.6 Å². The number of anilines is 1. The maximum Gasteiger partial charge on any atom is 0.253 e. The van der Waals surface area contributed by atoms with E-state index in [1.165, 1.54) is 4.90 Å². The molecule has 2 fully saturated rings. The van der Waals surface area contributed by atoms with E-state index in [0.29, 0.717) is 18.5 Å². The summed E-state index contributed by atoms with van der Waals surface area (Å²) in [5.41, 5.74) is 1.16. The molecule has 7 nitrogen and oxygen atoms in total. The van der Waals surface area contributed by atoms with Gasteiger partial charge in [0.05, 0.1) is 0 Å². The van der Waals surface area contributed by atoms with E-state index in [0.717, 1.165) is 34.6 Å². The minimum atomic E-state index is -4.35. The van der Waals surface area contributed by atoms with E-state index in [9.17, 15) is 26.8 Å². The fraction of sp³-hybridized carbons (Fsp3) is 0.333. The predicted molar refractivity (Wildman–Crippen MR) is 109 cm³/mol. The van der Waals surface area contributed by atoms with Gasteiger partial charge in [-0.05, 0) is 42.8 Å². The average Bonchev–Trinajstić information content (AvgIpc) is 3.19. The van der Waals surface area contributed by atoms with Crippen LogP contribution in [0.4, 0.5) is 14.5 Å². The van der Waals surface area contributed by atoms with E-state index in [1.54, 1.807) is 29.2 Å². The van der Waals surface area contributed by atoms with E-state index in [4.69, 9.17) is 0 Å². The quantitative estimate of drug-likeness (QED) is 0.717. The van der Waals surface area contributed by atoms with Crippen LogP contribution in [0, 0.1) is 11.6 Å². The Kier molecular flexibility index (Phi) is 5.76. The molecule has 0 unspecified atom stereocenters. The van der Waals surface area contributed by atoms with Crippen LogP contribution in [0.5, 0.6) is 0 Å². The highest BCUT2D eigenvalue weighted by Crippen LogP contribution is 2.25. The molecule has 4 rings (SSSR count). The first-order valence-corrected chi connectivity index (χ1v) is 11.4. The van der Waals surface area contributed by atoms with Gasteiger partial charge < -0.3 is 9.80 Å². The first-order valence-electron chi connectivity index (χ1n) is 9.93. The Balaban J connectivity index is 1.43. The van der Waals surface area contributed by atoms with Crippen molar-refractivity contribution in [3.05, 3.63) is 59.7 Å².